The van der Waals surface area contributed by atoms with Crippen molar-refractivity contribution in [3.8, 4) is 0 Å². The Hall–Kier alpha value is -0.480. The molecule has 0 aromatic carbocycles. The fourth-order valence-electron chi connectivity index (χ4n) is 1.34. The zero-order valence-corrected chi connectivity index (χ0v) is 9.65. The van der Waals surface area contributed by atoms with Gasteiger partial charge in [0, 0.05) is 6.61 Å². The van der Waals surface area contributed by atoms with Crippen LogP contribution in [0.1, 0.15) is 45.4 Å². The van der Waals surface area contributed by atoms with Crippen molar-refractivity contribution in [1.29, 1.82) is 0 Å². The van der Waals surface area contributed by atoms with E-state index in [1.807, 2.05) is 0 Å². The van der Waals surface area contributed by atoms with Crippen molar-refractivity contribution in [2.75, 3.05) is 19.8 Å². The van der Waals surface area contributed by atoms with Gasteiger partial charge in [0.15, 0.2) is 0 Å². The average Bonchev–Trinajstić information content (AvgIpc) is 2.22. The van der Waals surface area contributed by atoms with Crippen molar-refractivity contribution < 1.29 is 9.84 Å². The van der Waals surface area contributed by atoms with Crippen molar-refractivity contribution >= 4 is 0 Å². The van der Waals surface area contributed by atoms with Crippen LogP contribution in [0.5, 0.6) is 0 Å². The van der Waals surface area contributed by atoms with Gasteiger partial charge in [-0.2, -0.15) is 4.91 Å². The smallest absolute Gasteiger partial charge is 0.109 e. The third kappa shape index (κ3) is 11.4. The molecule has 0 aliphatic heterocycles. The highest BCUT2D eigenvalue weighted by Crippen LogP contribution is 2.04. The summed E-state index contributed by atoms with van der Waals surface area (Å²) in [6.07, 6.45) is 6.62. The molecule has 0 aliphatic rings. The Bertz CT molecular complexity index is 142. The van der Waals surface area contributed by atoms with Crippen LogP contribution in [-0.4, -0.2) is 31.0 Å². The van der Waals surface area contributed by atoms with Gasteiger partial charge in [-0.15, -0.1) is 0 Å². The number of nitroso groups, excluding NO2 is 1. The second kappa shape index (κ2) is 11.6. The molecule has 4 nitrogen and oxygen atoms in total. The number of rotatable bonds is 11. The van der Waals surface area contributed by atoms with E-state index in [9.17, 15) is 4.91 Å². The summed E-state index contributed by atoms with van der Waals surface area (Å²) in [6, 6.07) is 0. The molecule has 0 saturated heterocycles. The minimum absolute atomic E-state index is 0.0729. The van der Waals surface area contributed by atoms with E-state index in [1.165, 1.54) is 32.1 Å². The third-order valence-electron chi connectivity index (χ3n) is 2.24. The van der Waals surface area contributed by atoms with Crippen molar-refractivity contribution in [2.24, 2.45) is 5.18 Å². The molecule has 0 aliphatic carbocycles. The quantitative estimate of drug-likeness (QED) is 0.427. The van der Waals surface area contributed by atoms with Gasteiger partial charge in [-0.1, -0.05) is 44.2 Å². The number of unbranched alkanes of at least 4 members (excludes halogenated alkanes) is 5. The maximum Gasteiger partial charge on any atom is 0.109 e. The first kappa shape index (κ1) is 14.5. The van der Waals surface area contributed by atoms with Gasteiger partial charge >= 0.3 is 0 Å². The molecular weight excluding hydrogens is 194 g/mol. The van der Waals surface area contributed by atoms with Gasteiger partial charge in [0.1, 0.15) is 12.6 Å². The van der Waals surface area contributed by atoms with Crippen LogP contribution in [0.3, 0.4) is 0 Å². The molecule has 1 N–H and O–H groups in total. The lowest BCUT2D eigenvalue weighted by molar-refractivity contribution is 0.0397. The normalized spacial score (nSPS) is 12.7. The Balaban J connectivity index is 3.01. The summed E-state index contributed by atoms with van der Waals surface area (Å²) in [4.78, 5) is 9.79. The molecule has 0 fully saturated rings. The van der Waals surface area contributed by atoms with Gasteiger partial charge < -0.3 is 9.84 Å². The zero-order chi connectivity index (χ0) is 11.4. The molecule has 0 bridgehead atoms. The van der Waals surface area contributed by atoms with E-state index < -0.39 is 6.10 Å². The highest BCUT2D eigenvalue weighted by molar-refractivity contribution is 4.55. The topological polar surface area (TPSA) is 58.9 Å². The molecule has 0 saturated carbocycles. The highest BCUT2D eigenvalue weighted by atomic mass is 16.5. The van der Waals surface area contributed by atoms with Crippen LogP contribution in [0.15, 0.2) is 5.18 Å². The molecule has 0 spiro atoms. The molecule has 0 amide bonds. The first-order valence-electron chi connectivity index (χ1n) is 5.86. The summed E-state index contributed by atoms with van der Waals surface area (Å²) in [6.45, 7) is 3.02. The van der Waals surface area contributed by atoms with Crippen LogP contribution in [0, 0.1) is 4.91 Å². The van der Waals surface area contributed by atoms with Gasteiger partial charge in [0.25, 0.3) is 0 Å². The SMILES string of the molecule is CCCCCCCCOCC(O)CN=O. The lowest BCUT2D eigenvalue weighted by Gasteiger charge is -2.07. The van der Waals surface area contributed by atoms with E-state index in [4.69, 9.17) is 9.84 Å². The van der Waals surface area contributed by atoms with E-state index in [0.29, 0.717) is 6.61 Å². The van der Waals surface area contributed by atoms with Crippen LogP contribution >= 0.6 is 0 Å². The van der Waals surface area contributed by atoms with Gasteiger partial charge in [-0.3, -0.25) is 0 Å². The number of aliphatic hydroxyl groups excluding tert-OH is 1. The summed E-state index contributed by atoms with van der Waals surface area (Å²) in [5.74, 6) is 0. The maximum atomic E-state index is 9.79. The second-order valence-corrected chi connectivity index (χ2v) is 3.81. The van der Waals surface area contributed by atoms with E-state index in [-0.39, 0.29) is 13.2 Å². The Morgan fingerprint density at radius 2 is 1.87 bits per heavy atom. The maximum absolute atomic E-state index is 9.79. The second-order valence-electron chi connectivity index (χ2n) is 3.81. The summed E-state index contributed by atoms with van der Waals surface area (Å²) < 4.78 is 5.21. The molecule has 0 heterocycles. The van der Waals surface area contributed by atoms with Crippen LogP contribution in [0.4, 0.5) is 0 Å². The molecular formula is C11H23NO3. The Morgan fingerprint density at radius 3 is 2.53 bits per heavy atom. The molecule has 0 radical (unpaired) electrons. The first-order chi connectivity index (χ1) is 7.31. The molecule has 1 unspecified atom stereocenters. The van der Waals surface area contributed by atoms with Gasteiger partial charge in [0.2, 0.25) is 0 Å². The predicted molar refractivity (Wildman–Crippen MR) is 60.9 cm³/mol. The molecule has 0 rings (SSSR count). The molecule has 15 heavy (non-hydrogen) atoms. The molecule has 90 valence electrons. The number of hydrogen-bond donors (Lipinski definition) is 1. The highest BCUT2D eigenvalue weighted by Gasteiger charge is 2.02. The summed E-state index contributed by atoms with van der Waals surface area (Å²) >= 11 is 0. The fourth-order valence-corrected chi connectivity index (χ4v) is 1.34. The standard InChI is InChI=1S/C11H23NO3/c1-2-3-4-5-6-7-8-15-10-11(13)9-12-14/h11,13H,2-10H2,1H3. The van der Waals surface area contributed by atoms with Crippen LogP contribution in [0.25, 0.3) is 0 Å². The monoisotopic (exact) mass is 217 g/mol. The number of ether oxygens (including phenoxy) is 1. The number of aliphatic hydroxyl groups is 1. The van der Waals surface area contributed by atoms with Gasteiger partial charge in [0.05, 0.1) is 6.61 Å². The van der Waals surface area contributed by atoms with E-state index in [2.05, 4.69) is 12.1 Å². The summed E-state index contributed by atoms with van der Waals surface area (Å²) in [5.41, 5.74) is 0. The minimum atomic E-state index is -0.734. The Morgan fingerprint density at radius 1 is 1.20 bits per heavy atom. The lowest BCUT2D eigenvalue weighted by Crippen LogP contribution is -2.18. The lowest BCUT2D eigenvalue weighted by atomic mass is 10.1. The average molecular weight is 217 g/mol. The van der Waals surface area contributed by atoms with Crippen LogP contribution in [-0.2, 0) is 4.74 Å². The van der Waals surface area contributed by atoms with Gasteiger partial charge in [-0.05, 0) is 6.42 Å². The van der Waals surface area contributed by atoms with Crippen LogP contribution < -0.4 is 0 Å². The minimum Gasteiger partial charge on any atom is -0.389 e. The number of hydrogen-bond acceptors (Lipinski definition) is 4. The van der Waals surface area contributed by atoms with Crippen LogP contribution in [0.2, 0.25) is 0 Å². The Labute approximate surface area is 92.0 Å². The van der Waals surface area contributed by atoms with E-state index in [1.54, 1.807) is 0 Å². The molecule has 0 aromatic heterocycles. The zero-order valence-electron chi connectivity index (χ0n) is 9.65. The Kier molecular flexibility index (Phi) is 11.2. The van der Waals surface area contributed by atoms with Gasteiger partial charge in [-0.25, -0.2) is 0 Å². The van der Waals surface area contributed by atoms with Crippen molar-refractivity contribution in [3.05, 3.63) is 4.91 Å². The summed E-state index contributed by atoms with van der Waals surface area (Å²) in [7, 11) is 0. The number of nitrogens with zero attached hydrogens (tertiary/aromatic N) is 1. The largest absolute Gasteiger partial charge is 0.389 e. The third-order valence-corrected chi connectivity index (χ3v) is 2.24. The van der Waals surface area contributed by atoms with Crippen molar-refractivity contribution in [1.82, 2.24) is 0 Å². The molecule has 1 atom stereocenters. The first-order valence-corrected chi connectivity index (χ1v) is 5.86. The van der Waals surface area contributed by atoms with Crippen molar-refractivity contribution in [2.45, 2.75) is 51.6 Å². The van der Waals surface area contributed by atoms with E-state index >= 15 is 0 Å². The van der Waals surface area contributed by atoms with E-state index in [0.717, 1.165) is 6.42 Å². The summed E-state index contributed by atoms with van der Waals surface area (Å²) in [5, 5.41) is 11.7. The predicted octanol–water partition coefficient (Wildman–Crippen LogP) is 2.49. The molecule has 0 aromatic rings. The fraction of sp³-hybridized carbons (Fsp3) is 1.00. The molecule has 4 heteroatoms. The van der Waals surface area contributed by atoms with Crippen molar-refractivity contribution in [3.63, 3.8) is 0 Å².